The summed E-state index contributed by atoms with van der Waals surface area (Å²) in [6.45, 7) is 1.39. The number of hydrogen-bond donors (Lipinski definition) is 2. The summed E-state index contributed by atoms with van der Waals surface area (Å²) < 4.78 is 62.1. The smallest absolute Gasteiger partial charge is 0.273 e. The van der Waals surface area contributed by atoms with E-state index in [1.54, 1.807) is 0 Å². The normalized spacial score (nSPS) is 11.0. The highest BCUT2D eigenvalue weighted by molar-refractivity contribution is 9.10. The van der Waals surface area contributed by atoms with Crippen LogP contribution in [0.3, 0.4) is 0 Å². The quantitative estimate of drug-likeness (QED) is 0.333. The van der Waals surface area contributed by atoms with Gasteiger partial charge in [-0.1, -0.05) is 0 Å². The van der Waals surface area contributed by atoms with Gasteiger partial charge < -0.3 is 15.2 Å². The Kier molecular flexibility index (Phi) is 7.57. The standard InChI is InChI=1S/C22H19BrF4N2O3/c1-12-9-18(32-11-13-3-4-14(24)10-16(13)26)19(23)22(31)29(12)21-17(28-7-2-8-30)6-5-15(25)20(21)27/h3-6,9-10,28,30H,2,7-8,11H2,1H3. The van der Waals surface area contributed by atoms with Crippen LogP contribution in [0.2, 0.25) is 0 Å². The molecular formula is C22H19BrF4N2O3. The van der Waals surface area contributed by atoms with Gasteiger partial charge in [0.05, 0.1) is 5.69 Å². The monoisotopic (exact) mass is 514 g/mol. The lowest BCUT2D eigenvalue weighted by Crippen LogP contribution is -2.24. The van der Waals surface area contributed by atoms with Crippen LogP contribution in [0.15, 0.2) is 45.7 Å². The maximum Gasteiger partial charge on any atom is 0.273 e. The van der Waals surface area contributed by atoms with Crippen molar-refractivity contribution in [2.75, 3.05) is 18.5 Å². The summed E-state index contributed by atoms with van der Waals surface area (Å²) in [7, 11) is 0. The van der Waals surface area contributed by atoms with Crippen molar-refractivity contribution in [3.8, 4) is 11.4 Å². The van der Waals surface area contributed by atoms with Gasteiger partial charge in [-0.2, -0.15) is 0 Å². The molecule has 0 unspecified atom stereocenters. The lowest BCUT2D eigenvalue weighted by Gasteiger charge is -2.19. The highest BCUT2D eigenvalue weighted by Gasteiger charge is 2.21. The molecule has 2 aromatic carbocycles. The van der Waals surface area contributed by atoms with E-state index in [4.69, 9.17) is 9.84 Å². The zero-order chi connectivity index (χ0) is 23.4. The highest BCUT2D eigenvalue weighted by Crippen LogP contribution is 2.30. The molecular weight excluding hydrogens is 496 g/mol. The van der Waals surface area contributed by atoms with Crippen LogP contribution in [0, 0.1) is 30.2 Å². The molecule has 0 aliphatic heterocycles. The number of rotatable bonds is 8. The number of halogens is 5. The first kappa shape index (κ1) is 23.8. The second kappa shape index (κ2) is 10.2. The van der Waals surface area contributed by atoms with E-state index in [1.165, 1.54) is 25.1 Å². The third kappa shape index (κ3) is 4.97. The van der Waals surface area contributed by atoms with Gasteiger partial charge in [-0.15, -0.1) is 0 Å². The van der Waals surface area contributed by atoms with E-state index < -0.39 is 28.8 Å². The lowest BCUT2D eigenvalue weighted by molar-refractivity contribution is 0.292. The maximum atomic E-state index is 14.8. The van der Waals surface area contributed by atoms with E-state index in [0.717, 1.165) is 22.8 Å². The van der Waals surface area contributed by atoms with Gasteiger partial charge in [0.15, 0.2) is 11.6 Å². The van der Waals surface area contributed by atoms with Gasteiger partial charge in [0, 0.05) is 36.5 Å². The summed E-state index contributed by atoms with van der Waals surface area (Å²) in [5.41, 5.74) is -0.581. The predicted octanol–water partition coefficient (Wildman–Crippen LogP) is 4.84. The average molecular weight is 515 g/mol. The molecule has 32 heavy (non-hydrogen) atoms. The Balaban J connectivity index is 2.01. The van der Waals surface area contributed by atoms with E-state index in [0.29, 0.717) is 6.42 Å². The third-order valence-corrected chi connectivity index (χ3v) is 5.37. The molecule has 0 radical (unpaired) electrons. The molecule has 0 spiro atoms. The number of anilines is 1. The van der Waals surface area contributed by atoms with Crippen LogP contribution in [0.25, 0.3) is 5.69 Å². The molecule has 170 valence electrons. The van der Waals surface area contributed by atoms with Crippen molar-refractivity contribution in [2.45, 2.75) is 20.0 Å². The van der Waals surface area contributed by atoms with Crippen molar-refractivity contribution in [3.63, 3.8) is 0 Å². The van der Waals surface area contributed by atoms with E-state index >= 15 is 0 Å². The average Bonchev–Trinajstić information content (AvgIpc) is 2.75. The zero-order valence-corrected chi connectivity index (χ0v) is 18.5. The first-order valence-electron chi connectivity index (χ1n) is 9.56. The van der Waals surface area contributed by atoms with Crippen LogP contribution in [0.4, 0.5) is 23.2 Å². The number of nitrogens with one attached hydrogen (secondary N) is 1. The summed E-state index contributed by atoms with van der Waals surface area (Å²) in [6, 6.07) is 6.66. The molecule has 0 bridgehead atoms. The molecule has 2 N–H and O–H groups in total. The minimum absolute atomic E-state index is 0.0547. The minimum atomic E-state index is -1.22. The van der Waals surface area contributed by atoms with Crippen LogP contribution >= 0.6 is 15.9 Å². The fourth-order valence-corrected chi connectivity index (χ4v) is 3.47. The summed E-state index contributed by atoms with van der Waals surface area (Å²) in [5, 5.41) is 11.8. The second-order valence-electron chi connectivity index (χ2n) is 6.89. The molecule has 0 fully saturated rings. The zero-order valence-electron chi connectivity index (χ0n) is 16.9. The number of nitrogens with zero attached hydrogens (tertiary/aromatic N) is 1. The second-order valence-corrected chi connectivity index (χ2v) is 7.68. The first-order chi connectivity index (χ1) is 15.2. The van der Waals surface area contributed by atoms with E-state index in [-0.39, 0.29) is 52.6 Å². The molecule has 0 saturated carbocycles. The maximum absolute atomic E-state index is 14.8. The Morgan fingerprint density at radius 3 is 2.53 bits per heavy atom. The van der Waals surface area contributed by atoms with Crippen LogP contribution in [-0.4, -0.2) is 22.8 Å². The van der Waals surface area contributed by atoms with Crippen LogP contribution in [0.1, 0.15) is 17.7 Å². The van der Waals surface area contributed by atoms with Gasteiger partial charge in [-0.05, 0) is 53.5 Å². The number of aliphatic hydroxyl groups is 1. The van der Waals surface area contributed by atoms with Crippen molar-refractivity contribution in [3.05, 3.63) is 85.8 Å². The van der Waals surface area contributed by atoms with Crippen LogP contribution in [0.5, 0.6) is 5.75 Å². The number of aromatic nitrogens is 1. The molecule has 1 heterocycles. The predicted molar refractivity (Wildman–Crippen MR) is 115 cm³/mol. The molecule has 0 aliphatic rings. The van der Waals surface area contributed by atoms with Gasteiger partial charge in [0.25, 0.3) is 5.56 Å². The molecule has 0 amide bonds. The number of hydrogen-bond acceptors (Lipinski definition) is 4. The molecule has 0 saturated heterocycles. The highest BCUT2D eigenvalue weighted by atomic mass is 79.9. The van der Waals surface area contributed by atoms with E-state index in [1.807, 2.05) is 0 Å². The molecule has 5 nitrogen and oxygen atoms in total. The summed E-state index contributed by atoms with van der Waals surface area (Å²) in [6.07, 6.45) is 0.364. The molecule has 0 aliphatic carbocycles. The molecule has 3 aromatic rings. The fraction of sp³-hybridized carbons (Fsp3) is 0.227. The van der Waals surface area contributed by atoms with Crippen molar-refractivity contribution in [2.24, 2.45) is 0 Å². The Labute approximate surface area is 189 Å². The van der Waals surface area contributed by atoms with E-state index in [2.05, 4.69) is 21.2 Å². The topological polar surface area (TPSA) is 63.5 Å². The SMILES string of the molecule is Cc1cc(OCc2ccc(F)cc2F)c(Br)c(=O)n1-c1c(NCCCO)ccc(F)c1F. The molecule has 0 atom stereocenters. The Hall–Kier alpha value is -2.85. The van der Waals surface area contributed by atoms with Crippen molar-refractivity contribution < 1.29 is 27.4 Å². The van der Waals surface area contributed by atoms with Gasteiger partial charge in [-0.3, -0.25) is 9.36 Å². The molecule has 3 rings (SSSR count). The number of benzene rings is 2. The number of ether oxygens (including phenoxy) is 1. The number of pyridine rings is 1. The first-order valence-corrected chi connectivity index (χ1v) is 10.4. The van der Waals surface area contributed by atoms with Gasteiger partial charge in [0.2, 0.25) is 0 Å². The van der Waals surface area contributed by atoms with Gasteiger partial charge in [-0.25, -0.2) is 17.6 Å². The Morgan fingerprint density at radius 1 is 1.09 bits per heavy atom. The summed E-state index contributed by atoms with van der Waals surface area (Å²) in [5.74, 6) is -3.84. The van der Waals surface area contributed by atoms with Crippen LogP contribution < -0.4 is 15.6 Å². The fourth-order valence-electron chi connectivity index (χ4n) is 3.06. The lowest BCUT2D eigenvalue weighted by atomic mass is 10.2. The van der Waals surface area contributed by atoms with Gasteiger partial charge in [0.1, 0.15) is 34.2 Å². The Bertz CT molecular complexity index is 1200. The summed E-state index contributed by atoms with van der Waals surface area (Å²) in [4.78, 5) is 13.0. The van der Waals surface area contributed by atoms with Crippen molar-refractivity contribution in [1.82, 2.24) is 4.57 Å². The van der Waals surface area contributed by atoms with Crippen molar-refractivity contribution >= 4 is 21.6 Å². The third-order valence-electron chi connectivity index (χ3n) is 4.64. The number of aliphatic hydroxyl groups excluding tert-OH is 1. The Morgan fingerprint density at radius 2 is 1.84 bits per heavy atom. The van der Waals surface area contributed by atoms with Gasteiger partial charge >= 0.3 is 0 Å². The molecule has 1 aromatic heterocycles. The van der Waals surface area contributed by atoms with Crippen molar-refractivity contribution in [1.29, 1.82) is 0 Å². The van der Waals surface area contributed by atoms with E-state index in [9.17, 15) is 22.4 Å². The largest absolute Gasteiger partial charge is 0.487 e. The molecule has 10 heteroatoms. The number of aryl methyl sites for hydroxylation is 1. The summed E-state index contributed by atoms with van der Waals surface area (Å²) >= 11 is 3.12. The minimum Gasteiger partial charge on any atom is -0.487 e. The van der Waals surface area contributed by atoms with Crippen LogP contribution in [-0.2, 0) is 6.61 Å².